The Kier molecular flexibility index (Phi) is 8.21. The number of rotatable bonds is 8. The van der Waals surface area contributed by atoms with Crippen molar-refractivity contribution in [2.24, 2.45) is 0 Å². The van der Waals surface area contributed by atoms with Crippen molar-refractivity contribution in [3.05, 3.63) is 59.7 Å². The fourth-order valence-corrected chi connectivity index (χ4v) is 3.35. The van der Waals surface area contributed by atoms with Crippen molar-refractivity contribution >= 4 is 29.1 Å². The Labute approximate surface area is 188 Å². The molecule has 2 N–H and O–H groups in total. The van der Waals surface area contributed by atoms with Gasteiger partial charge in [-0.3, -0.25) is 14.4 Å². The van der Waals surface area contributed by atoms with Gasteiger partial charge in [0.1, 0.15) is 0 Å². The number of nitrogens with one attached hydrogen (secondary N) is 2. The number of carbonyl (C=O) groups excluding carboxylic acids is 3. The topological polar surface area (TPSA) is 91.0 Å². The highest BCUT2D eigenvalue weighted by atomic mass is 16.5. The van der Waals surface area contributed by atoms with E-state index in [1.807, 2.05) is 24.3 Å². The van der Waals surface area contributed by atoms with E-state index >= 15 is 0 Å². The molecule has 32 heavy (non-hydrogen) atoms. The average Bonchev–Trinajstić information content (AvgIpc) is 2.82. The number of nitrogens with zero attached hydrogens (tertiary/aromatic N) is 2. The van der Waals surface area contributed by atoms with Crippen LogP contribution in [0.4, 0.5) is 11.4 Å². The van der Waals surface area contributed by atoms with Gasteiger partial charge in [0.05, 0.1) is 19.8 Å². The number of aryl methyl sites for hydroxylation is 1. The quantitative estimate of drug-likeness (QED) is 0.660. The highest BCUT2D eigenvalue weighted by Crippen LogP contribution is 2.14. The highest BCUT2D eigenvalue weighted by Gasteiger charge is 2.18. The number of benzene rings is 2. The fourth-order valence-electron chi connectivity index (χ4n) is 3.35. The molecule has 2 aromatic carbocycles. The number of hydrogen-bond acceptors (Lipinski definition) is 5. The van der Waals surface area contributed by atoms with Crippen LogP contribution < -0.4 is 10.6 Å². The van der Waals surface area contributed by atoms with E-state index in [2.05, 4.69) is 10.6 Å². The Balaban J connectivity index is 1.47. The van der Waals surface area contributed by atoms with Crippen LogP contribution in [-0.2, 0) is 20.7 Å². The fraction of sp³-hybridized carbons (Fsp3) is 0.375. The molecule has 0 bridgehead atoms. The van der Waals surface area contributed by atoms with Crippen molar-refractivity contribution < 1.29 is 19.1 Å². The zero-order valence-corrected chi connectivity index (χ0v) is 18.6. The Morgan fingerprint density at radius 3 is 2.41 bits per heavy atom. The molecule has 0 spiro atoms. The van der Waals surface area contributed by atoms with Crippen LogP contribution in [0, 0.1) is 0 Å². The average molecular weight is 439 g/mol. The molecule has 0 aromatic heterocycles. The van der Waals surface area contributed by atoms with Crippen molar-refractivity contribution in [2.45, 2.75) is 12.8 Å². The van der Waals surface area contributed by atoms with E-state index in [-0.39, 0.29) is 24.3 Å². The second-order valence-electron chi connectivity index (χ2n) is 7.87. The van der Waals surface area contributed by atoms with Gasteiger partial charge < -0.3 is 25.2 Å². The third-order valence-corrected chi connectivity index (χ3v) is 5.22. The molecule has 1 saturated heterocycles. The Morgan fingerprint density at radius 1 is 1.00 bits per heavy atom. The molecule has 3 amide bonds. The standard InChI is InChI=1S/C24H30N4O4/c1-27(2)23(30)11-6-18-4-3-5-21(16-18)26-22(29)17-25-20-9-7-19(8-10-20)24(31)28-12-14-32-15-13-28/h3-5,7-10,16,25H,6,11-15,17H2,1-2H3,(H,26,29). The molecular weight excluding hydrogens is 408 g/mol. The predicted octanol–water partition coefficient (Wildman–Crippen LogP) is 2.23. The van der Waals surface area contributed by atoms with Crippen LogP contribution in [0.25, 0.3) is 0 Å². The molecule has 8 nitrogen and oxygen atoms in total. The number of carbonyl (C=O) groups is 3. The van der Waals surface area contributed by atoms with Gasteiger partial charge in [-0.25, -0.2) is 0 Å². The van der Waals surface area contributed by atoms with Crippen molar-refractivity contribution in [3.63, 3.8) is 0 Å². The lowest BCUT2D eigenvalue weighted by molar-refractivity contribution is -0.128. The summed E-state index contributed by atoms with van der Waals surface area (Å²) in [7, 11) is 3.48. The molecule has 170 valence electrons. The number of ether oxygens (including phenoxy) is 1. The first kappa shape index (κ1) is 23.3. The van der Waals surface area contributed by atoms with Gasteiger partial charge in [0.25, 0.3) is 5.91 Å². The third kappa shape index (κ3) is 6.81. The van der Waals surface area contributed by atoms with Crippen LogP contribution in [0.15, 0.2) is 48.5 Å². The lowest BCUT2D eigenvalue weighted by Crippen LogP contribution is -2.40. The maximum absolute atomic E-state index is 12.5. The van der Waals surface area contributed by atoms with E-state index in [0.717, 1.165) is 11.3 Å². The first-order chi connectivity index (χ1) is 15.4. The monoisotopic (exact) mass is 438 g/mol. The first-order valence-corrected chi connectivity index (χ1v) is 10.7. The summed E-state index contributed by atoms with van der Waals surface area (Å²) in [5.74, 6) is -0.119. The lowest BCUT2D eigenvalue weighted by Gasteiger charge is -2.26. The van der Waals surface area contributed by atoms with Gasteiger partial charge in [0.2, 0.25) is 11.8 Å². The summed E-state index contributed by atoms with van der Waals surface area (Å²) < 4.78 is 5.28. The summed E-state index contributed by atoms with van der Waals surface area (Å²) >= 11 is 0. The van der Waals surface area contributed by atoms with Crippen molar-refractivity contribution in [1.82, 2.24) is 9.80 Å². The van der Waals surface area contributed by atoms with Gasteiger partial charge in [0.15, 0.2) is 0 Å². The zero-order valence-electron chi connectivity index (χ0n) is 18.6. The summed E-state index contributed by atoms with van der Waals surface area (Å²) in [5.41, 5.74) is 3.06. The Morgan fingerprint density at radius 2 is 1.72 bits per heavy atom. The Bertz CT molecular complexity index is 937. The number of hydrogen-bond donors (Lipinski definition) is 2. The Hall–Kier alpha value is -3.39. The molecule has 0 saturated carbocycles. The van der Waals surface area contributed by atoms with Gasteiger partial charge in [-0.05, 0) is 48.4 Å². The molecule has 2 aromatic rings. The van der Waals surface area contributed by atoms with E-state index in [1.165, 1.54) is 0 Å². The van der Waals surface area contributed by atoms with E-state index in [1.54, 1.807) is 48.2 Å². The molecule has 0 radical (unpaired) electrons. The van der Waals surface area contributed by atoms with Gasteiger partial charge >= 0.3 is 0 Å². The SMILES string of the molecule is CN(C)C(=O)CCc1cccc(NC(=O)CNc2ccc(C(=O)N3CCOCC3)cc2)c1. The first-order valence-electron chi connectivity index (χ1n) is 10.7. The minimum atomic E-state index is -0.181. The zero-order chi connectivity index (χ0) is 22.9. The van der Waals surface area contributed by atoms with Crippen LogP contribution in [0.1, 0.15) is 22.3 Å². The molecular formula is C24H30N4O4. The smallest absolute Gasteiger partial charge is 0.254 e. The maximum atomic E-state index is 12.5. The van der Waals surface area contributed by atoms with Crippen molar-refractivity contribution in [1.29, 1.82) is 0 Å². The predicted molar refractivity (Wildman–Crippen MR) is 124 cm³/mol. The lowest BCUT2D eigenvalue weighted by atomic mass is 10.1. The van der Waals surface area contributed by atoms with Crippen LogP contribution in [0.5, 0.6) is 0 Å². The molecule has 1 aliphatic heterocycles. The van der Waals surface area contributed by atoms with E-state index in [4.69, 9.17) is 4.74 Å². The van der Waals surface area contributed by atoms with Crippen LogP contribution >= 0.6 is 0 Å². The summed E-state index contributed by atoms with van der Waals surface area (Å²) in [5, 5.41) is 5.94. The van der Waals surface area contributed by atoms with Crippen LogP contribution in [0.2, 0.25) is 0 Å². The molecule has 1 aliphatic rings. The summed E-state index contributed by atoms with van der Waals surface area (Å²) in [6, 6.07) is 14.6. The van der Waals surface area contributed by atoms with Gasteiger partial charge in [-0.2, -0.15) is 0 Å². The maximum Gasteiger partial charge on any atom is 0.254 e. The second-order valence-corrected chi connectivity index (χ2v) is 7.87. The van der Waals surface area contributed by atoms with Crippen LogP contribution in [-0.4, -0.2) is 74.5 Å². The molecule has 1 fully saturated rings. The molecule has 3 rings (SSSR count). The normalized spacial score (nSPS) is 13.4. The molecule has 1 heterocycles. The third-order valence-electron chi connectivity index (χ3n) is 5.22. The van der Waals surface area contributed by atoms with Gasteiger partial charge in [-0.15, -0.1) is 0 Å². The van der Waals surface area contributed by atoms with E-state index in [0.29, 0.717) is 50.4 Å². The molecule has 0 unspecified atom stereocenters. The molecule has 0 aliphatic carbocycles. The number of amides is 3. The number of morpholine rings is 1. The largest absolute Gasteiger partial charge is 0.378 e. The van der Waals surface area contributed by atoms with Crippen LogP contribution in [0.3, 0.4) is 0 Å². The summed E-state index contributed by atoms with van der Waals surface area (Å²) in [4.78, 5) is 39.9. The minimum absolute atomic E-state index is 0.00948. The molecule has 8 heteroatoms. The summed E-state index contributed by atoms with van der Waals surface area (Å²) in [6.45, 7) is 2.44. The second kappa shape index (κ2) is 11.3. The minimum Gasteiger partial charge on any atom is -0.378 e. The number of anilines is 2. The van der Waals surface area contributed by atoms with Crippen molar-refractivity contribution in [3.8, 4) is 0 Å². The molecule has 0 atom stereocenters. The van der Waals surface area contributed by atoms with Crippen molar-refractivity contribution in [2.75, 3.05) is 57.6 Å². The van der Waals surface area contributed by atoms with Gasteiger partial charge in [-0.1, -0.05) is 12.1 Å². The van der Waals surface area contributed by atoms with Gasteiger partial charge in [0, 0.05) is 50.5 Å². The summed E-state index contributed by atoms with van der Waals surface area (Å²) in [6.07, 6.45) is 1.05. The highest BCUT2D eigenvalue weighted by molar-refractivity contribution is 5.95. The van der Waals surface area contributed by atoms with E-state index < -0.39 is 0 Å². The van der Waals surface area contributed by atoms with E-state index in [9.17, 15) is 14.4 Å².